The van der Waals surface area contributed by atoms with Crippen molar-refractivity contribution in [2.75, 3.05) is 11.9 Å². The van der Waals surface area contributed by atoms with E-state index in [0.29, 0.717) is 11.1 Å². The number of carbonyl (C=O) groups excluding carboxylic acids is 3. The number of rotatable bonds is 8. The maximum atomic E-state index is 13.6. The Morgan fingerprint density at radius 1 is 1.00 bits per heavy atom. The van der Waals surface area contributed by atoms with E-state index in [-0.39, 0.29) is 10.8 Å². The molecule has 172 valence electrons. The molecule has 0 fully saturated rings. The van der Waals surface area contributed by atoms with Gasteiger partial charge in [0.2, 0.25) is 5.91 Å². The van der Waals surface area contributed by atoms with E-state index in [1.54, 1.807) is 0 Å². The Balaban J connectivity index is 1.83. The van der Waals surface area contributed by atoms with E-state index < -0.39 is 59.7 Å². The third-order valence-electron chi connectivity index (χ3n) is 3.92. The molecule has 0 aliphatic heterocycles. The Labute approximate surface area is 190 Å². The van der Waals surface area contributed by atoms with Gasteiger partial charge in [-0.2, -0.15) is 0 Å². The van der Waals surface area contributed by atoms with Crippen molar-refractivity contribution in [1.82, 2.24) is 5.32 Å². The molecule has 0 saturated heterocycles. The molecule has 0 radical (unpaired) electrons. The minimum atomic E-state index is -1.75. The van der Waals surface area contributed by atoms with Gasteiger partial charge in [-0.05, 0) is 44.2 Å². The van der Waals surface area contributed by atoms with Gasteiger partial charge in [-0.3, -0.25) is 9.59 Å². The van der Waals surface area contributed by atoms with Crippen LogP contribution in [0.4, 0.5) is 18.9 Å². The first-order chi connectivity index (χ1) is 15.0. The minimum Gasteiger partial charge on any atom is -0.477 e. The number of hydrogen-bond donors (Lipinski definition) is 2. The molecule has 0 saturated carbocycles. The van der Waals surface area contributed by atoms with Gasteiger partial charge in [-0.1, -0.05) is 23.2 Å². The highest BCUT2D eigenvalue weighted by atomic mass is 35.5. The number of anilines is 1. The fourth-order valence-electron chi connectivity index (χ4n) is 2.26. The lowest BCUT2D eigenvalue weighted by molar-refractivity contribution is -0.160. The van der Waals surface area contributed by atoms with Gasteiger partial charge >= 0.3 is 5.97 Å². The Hall–Kier alpha value is -2.98. The van der Waals surface area contributed by atoms with E-state index in [1.807, 2.05) is 5.32 Å². The van der Waals surface area contributed by atoms with Crippen LogP contribution in [0.5, 0.6) is 5.75 Å². The van der Waals surface area contributed by atoms with E-state index in [2.05, 4.69) is 5.32 Å². The van der Waals surface area contributed by atoms with Gasteiger partial charge in [-0.25, -0.2) is 18.0 Å². The van der Waals surface area contributed by atoms with Crippen molar-refractivity contribution < 1.29 is 37.0 Å². The van der Waals surface area contributed by atoms with Crippen molar-refractivity contribution in [1.29, 1.82) is 0 Å². The Morgan fingerprint density at radius 2 is 1.69 bits per heavy atom. The van der Waals surface area contributed by atoms with Crippen LogP contribution in [0.2, 0.25) is 10.0 Å². The van der Waals surface area contributed by atoms with E-state index >= 15 is 0 Å². The fraction of sp³-hybridized carbons (Fsp3) is 0.250. The monoisotopic (exact) mass is 492 g/mol. The molecule has 0 bridgehead atoms. The zero-order chi connectivity index (χ0) is 24.0. The molecule has 7 nitrogen and oxygen atoms in total. The molecule has 2 aromatic rings. The van der Waals surface area contributed by atoms with Gasteiger partial charge in [0, 0.05) is 5.02 Å². The molecule has 2 aromatic carbocycles. The second-order valence-electron chi connectivity index (χ2n) is 6.40. The molecule has 2 amide bonds. The summed E-state index contributed by atoms with van der Waals surface area (Å²) in [7, 11) is 0. The molecular formula is C20H17Cl2F3N2O5. The summed E-state index contributed by atoms with van der Waals surface area (Å²) in [5.41, 5.74) is -0.602. The lowest BCUT2D eigenvalue weighted by Gasteiger charge is -2.18. The third-order valence-corrected chi connectivity index (χ3v) is 4.45. The second-order valence-corrected chi connectivity index (χ2v) is 7.25. The number of amides is 2. The normalized spacial score (nSPS) is 12.5. The third kappa shape index (κ3) is 6.76. The van der Waals surface area contributed by atoms with E-state index in [0.717, 1.165) is 6.07 Å². The lowest BCUT2D eigenvalue weighted by Crippen LogP contribution is -2.41. The Bertz CT molecular complexity index is 1040. The molecule has 0 heterocycles. The number of hydrogen-bond acceptors (Lipinski definition) is 5. The predicted octanol–water partition coefficient (Wildman–Crippen LogP) is 3.86. The first kappa shape index (κ1) is 25.3. The molecule has 32 heavy (non-hydrogen) atoms. The van der Waals surface area contributed by atoms with Gasteiger partial charge in [0.25, 0.3) is 5.91 Å². The van der Waals surface area contributed by atoms with Crippen molar-refractivity contribution in [2.45, 2.75) is 26.1 Å². The zero-order valence-electron chi connectivity index (χ0n) is 16.7. The lowest BCUT2D eigenvalue weighted by atomic mass is 10.2. The number of carbonyl (C=O) groups is 3. The Kier molecular flexibility index (Phi) is 8.73. The molecule has 2 atom stereocenters. The fourth-order valence-corrected chi connectivity index (χ4v) is 2.71. The highest BCUT2D eigenvalue weighted by Crippen LogP contribution is 2.28. The summed E-state index contributed by atoms with van der Waals surface area (Å²) >= 11 is 11.7. The number of ether oxygens (including phenoxy) is 2. The molecular weight excluding hydrogens is 476 g/mol. The summed E-state index contributed by atoms with van der Waals surface area (Å²) in [6, 6.07) is 5.84. The summed E-state index contributed by atoms with van der Waals surface area (Å²) in [4.78, 5) is 36.0. The molecule has 0 aliphatic rings. The maximum Gasteiger partial charge on any atom is 0.347 e. The van der Waals surface area contributed by atoms with Crippen LogP contribution in [0.1, 0.15) is 13.8 Å². The first-order valence-electron chi connectivity index (χ1n) is 9.02. The van der Waals surface area contributed by atoms with Crippen LogP contribution < -0.4 is 15.4 Å². The average Bonchev–Trinajstić information content (AvgIpc) is 2.74. The summed E-state index contributed by atoms with van der Waals surface area (Å²) in [5.74, 6) is -7.20. The van der Waals surface area contributed by atoms with Gasteiger partial charge in [-0.15, -0.1) is 0 Å². The van der Waals surface area contributed by atoms with Crippen molar-refractivity contribution in [3.8, 4) is 5.75 Å². The number of halogens is 5. The molecule has 2 N–H and O–H groups in total. The zero-order valence-corrected chi connectivity index (χ0v) is 18.2. The summed E-state index contributed by atoms with van der Waals surface area (Å²) in [6.07, 6.45) is -2.43. The van der Waals surface area contributed by atoms with Crippen LogP contribution in [0.15, 0.2) is 30.3 Å². The maximum absolute atomic E-state index is 13.6. The van der Waals surface area contributed by atoms with Crippen LogP contribution in [0, 0.1) is 17.5 Å². The largest absolute Gasteiger partial charge is 0.477 e. The van der Waals surface area contributed by atoms with Crippen LogP contribution in [-0.2, 0) is 19.1 Å². The van der Waals surface area contributed by atoms with Crippen LogP contribution in [0.25, 0.3) is 0 Å². The standard InChI is InChI=1S/C20H17Cl2F3N2O5/c1-9(32-20(30)10(2)31-15-6-3-11(21)7-12(15)22)19(29)26-8-16(28)27-14-5-4-13(23)17(24)18(14)25/h3-7,9-10H,8H2,1-2H3,(H,26,29)(H,27,28). The SMILES string of the molecule is CC(OC(=O)C(C)Oc1ccc(Cl)cc1Cl)C(=O)NCC(=O)Nc1ccc(F)c(F)c1F. The minimum absolute atomic E-state index is 0.173. The van der Waals surface area contributed by atoms with Crippen molar-refractivity contribution in [3.63, 3.8) is 0 Å². The van der Waals surface area contributed by atoms with Gasteiger partial charge in [0.05, 0.1) is 17.3 Å². The van der Waals surface area contributed by atoms with Gasteiger partial charge in [0.1, 0.15) is 5.75 Å². The van der Waals surface area contributed by atoms with Crippen LogP contribution >= 0.6 is 23.2 Å². The topological polar surface area (TPSA) is 93.7 Å². The van der Waals surface area contributed by atoms with E-state index in [4.69, 9.17) is 32.7 Å². The second kappa shape index (κ2) is 11.1. The average molecular weight is 493 g/mol. The Morgan fingerprint density at radius 3 is 2.34 bits per heavy atom. The first-order valence-corrected chi connectivity index (χ1v) is 9.78. The molecule has 2 unspecified atom stereocenters. The van der Waals surface area contributed by atoms with E-state index in [1.165, 1.54) is 32.0 Å². The predicted molar refractivity (Wildman–Crippen MR) is 110 cm³/mol. The molecule has 0 aromatic heterocycles. The number of nitrogens with one attached hydrogen (secondary N) is 2. The quantitative estimate of drug-likeness (QED) is 0.431. The summed E-state index contributed by atoms with van der Waals surface area (Å²) < 4.78 is 50.0. The molecule has 2 rings (SSSR count). The van der Waals surface area contributed by atoms with Crippen LogP contribution in [0.3, 0.4) is 0 Å². The van der Waals surface area contributed by atoms with Gasteiger partial charge in [0.15, 0.2) is 29.7 Å². The number of esters is 1. The smallest absolute Gasteiger partial charge is 0.347 e. The van der Waals surface area contributed by atoms with Crippen molar-refractivity contribution >= 4 is 46.7 Å². The molecule has 0 aliphatic carbocycles. The molecule has 12 heteroatoms. The van der Waals surface area contributed by atoms with E-state index in [9.17, 15) is 27.6 Å². The highest BCUT2D eigenvalue weighted by molar-refractivity contribution is 6.35. The summed E-state index contributed by atoms with van der Waals surface area (Å²) in [6.45, 7) is 1.98. The van der Waals surface area contributed by atoms with Crippen molar-refractivity contribution in [2.24, 2.45) is 0 Å². The van der Waals surface area contributed by atoms with Crippen molar-refractivity contribution in [3.05, 3.63) is 57.8 Å². The number of benzene rings is 2. The highest BCUT2D eigenvalue weighted by Gasteiger charge is 2.24. The summed E-state index contributed by atoms with van der Waals surface area (Å²) in [5, 5.41) is 4.69. The molecule has 0 spiro atoms. The van der Waals surface area contributed by atoms with Crippen LogP contribution in [-0.4, -0.2) is 36.5 Å². The van der Waals surface area contributed by atoms with Gasteiger partial charge < -0.3 is 20.1 Å².